The van der Waals surface area contributed by atoms with Crippen LogP contribution in [0.2, 0.25) is 0 Å². The van der Waals surface area contributed by atoms with Crippen molar-refractivity contribution in [1.29, 1.82) is 0 Å². The first-order valence-corrected chi connectivity index (χ1v) is 9.62. The average Bonchev–Trinajstić information content (AvgIpc) is 3.48. The minimum Gasteiger partial charge on any atom is -0.337 e. The molecule has 10 nitrogen and oxygen atoms in total. The van der Waals surface area contributed by atoms with Gasteiger partial charge in [-0.05, 0) is 18.9 Å². The maximum atomic E-state index is 13.0. The smallest absolute Gasteiger partial charge is 0.274 e. The van der Waals surface area contributed by atoms with Gasteiger partial charge in [-0.25, -0.2) is 14.5 Å². The quantitative estimate of drug-likeness (QED) is 0.517. The number of amides is 1. The highest BCUT2D eigenvalue weighted by molar-refractivity contribution is 5.93. The second-order valence-corrected chi connectivity index (χ2v) is 7.31. The maximum absolute atomic E-state index is 13.0. The van der Waals surface area contributed by atoms with Gasteiger partial charge in [0.05, 0.1) is 12.9 Å². The van der Waals surface area contributed by atoms with Crippen LogP contribution in [-0.2, 0) is 13.6 Å². The molecule has 0 N–H and O–H groups in total. The van der Waals surface area contributed by atoms with Crippen LogP contribution in [0.3, 0.4) is 0 Å². The Morgan fingerprint density at radius 2 is 2.17 bits per heavy atom. The lowest BCUT2D eigenvalue weighted by Gasteiger charge is -2.31. The minimum atomic E-state index is -0.0685. The van der Waals surface area contributed by atoms with Gasteiger partial charge in [-0.15, -0.1) is 10.2 Å². The molecule has 148 valence electrons. The highest BCUT2D eigenvalue weighted by Crippen LogP contribution is 2.27. The largest absolute Gasteiger partial charge is 0.337 e. The van der Waals surface area contributed by atoms with Crippen LogP contribution in [-0.4, -0.2) is 62.8 Å². The third kappa shape index (κ3) is 3.26. The molecule has 4 aromatic heterocycles. The monoisotopic (exact) mass is 391 g/mol. The van der Waals surface area contributed by atoms with Crippen LogP contribution in [0.5, 0.6) is 0 Å². The van der Waals surface area contributed by atoms with Gasteiger partial charge in [-0.2, -0.15) is 5.10 Å². The van der Waals surface area contributed by atoms with Crippen molar-refractivity contribution >= 4 is 11.6 Å². The van der Waals surface area contributed by atoms with Gasteiger partial charge in [-0.1, -0.05) is 0 Å². The molecule has 0 aromatic carbocycles. The van der Waals surface area contributed by atoms with E-state index in [1.54, 1.807) is 41.6 Å². The van der Waals surface area contributed by atoms with Crippen molar-refractivity contribution in [3.05, 3.63) is 60.6 Å². The third-order valence-corrected chi connectivity index (χ3v) is 5.41. The fourth-order valence-electron chi connectivity index (χ4n) is 3.88. The zero-order chi connectivity index (χ0) is 19.8. The average molecular weight is 391 g/mol. The summed E-state index contributed by atoms with van der Waals surface area (Å²) >= 11 is 0. The predicted molar refractivity (Wildman–Crippen MR) is 103 cm³/mol. The third-order valence-electron chi connectivity index (χ3n) is 5.41. The summed E-state index contributed by atoms with van der Waals surface area (Å²) < 4.78 is 5.62. The van der Waals surface area contributed by atoms with Gasteiger partial charge in [0.2, 0.25) is 0 Å². The Bertz CT molecular complexity index is 1110. The van der Waals surface area contributed by atoms with E-state index in [0.717, 1.165) is 31.0 Å². The van der Waals surface area contributed by atoms with Crippen molar-refractivity contribution < 1.29 is 4.79 Å². The van der Waals surface area contributed by atoms with Crippen molar-refractivity contribution in [2.45, 2.75) is 25.3 Å². The lowest BCUT2D eigenvalue weighted by atomic mass is 9.97. The van der Waals surface area contributed by atoms with E-state index in [4.69, 9.17) is 0 Å². The molecule has 1 amide bonds. The Hall–Kier alpha value is -3.56. The first-order valence-electron chi connectivity index (χ1n) is 9.62. The van der Waals surface area contributed by atoms with E-state index in [1.807, 2.05) is 27.3 Å². The number of nitrogens with zero attached hydrogens (tertiary/aromatic N) is 9. The SMILES string of the molecule is Cn1c(Cn2ccnc2)nnc1[C@@H]1CCCN(C(=O)c2cc3ncccn3n2)C1. The van der Waals surface area contributed by atoms with Gasteiger partial charge in [0.1, 0.15) is 5.82 Å². The van der Waals surface area contributed by atoms with E-state index in [1.165, 1.54) is 0 Å². The molecule has 0 aliphatic carbocycles. The van der Waals surface area contributed by atoms with E-state index >= 15 is 0 Å². The molecule has 0 spiro atoms. The molecule has 10 heteroatoms. The van der Waals surface area contributed by atoms with Gasteiger partial charge < -0.3 is 14.0 Å². The summed E-state index contributed by atoms with van der Waals surface area (Å²) in [6.07, 6.45) is 10.8. The van der Waals surface area contributed by atoms with Crippen LogP contribution in [0.15, 0.2) is 43.2 Å². The van der Waals surface area contributed by atoms with Crippen LogP contribution >= 0.6 is 0 Å². The predicted octanol–water partition coefficient (Wildman–Crippen LogP) is 1.12. The molecule has 0 saturated carbocycles. The van der Waals surface area contributed by atoms with Gasteiger partial charge >= 0.3 is 0 Å². The molecule has 0 unspecified atom stereocenters. The summed E-state index contributed by atoms with van der Waals surface area (Å²) in [6.45, 7) is 1.95. The summed E-state index contributed by atoms with van der Waals surface area (Å²) in [5.74, 6) is 1.86. The highest BCUT2D eigenvalue weighted by Gasteiger charge is 2.30. The standard InChI is InChI=1S/C19H21N9O/c1-25-17(12-26-9-6-20-13-26)22-23-18(25)14-4-2-7-27(11-14)19(29)15-10-16-21-5-3-8-28(16)24-15/h3,5-6,8-10,13-14H,2,4,7,11-12H2,1H3/t14-/m1/s1. The molecule has 1 atom stereocenters. The number of rotatable bonds is 4. The lowest BCUT2D eigenvalue weighted by molar-refractivity contribution is 0.0697. The van der Waals surface area contributed by atoms with Crippen molar-refractivity contribution in [1.82, 2.24) is 43.8 Å². The second-order valence-electron chi connectivity index (χ2n) is 7.31. The molecular formula is C19H21N9O. The van der Waals surface area contributed by atoms with Crippen LogP contribution in [0.25, 0.3) is 5.65 Å². The molecule has 0 radical (unpaired) electrons. The molecular weight excluding hydrogens is 370 g/mol. The fourth-order valence-corrected chi connectivity index (χ4v) is 3.88. The lowest BCUT2D eigenvalue weighted by Crippen LogP contribution is -2.40. The van der Waals surface area contributed by atoms with Gasteiger partial charge in [-0.3, -0.25) is 4.79 Å². The molecule has 5 heterocycles. The van der Waals surface area contributed by atoms with Crippen LogP contribution in [0.4, 0.5) is 0 Å². The van der Waals surface area contributed by atoms with Crippen molar-refractivity contribution in [3.8, 4) is 0 Å². The first kappa shape index (κ1) is 17.5. The summed E-state index contributed by atoms with van der Waals surface area (Å²) in [5, 5.41) is 13.2. The number of aromatic nitrogens is 8. The summed E-state index contributed by atoms with van der Waals surface area (Å²) in [7, 11) is 1.98. The zero-order valence-electron chi connectivity index (χ0n) is 16.1. The Morgan fingerprint density at radius 3 is 3.00 bits per heavy atom. The topological polar surface area (TPSA) is 99.0 Å². The van der Waals surface area contributed by atoms with Crippen molar-refractivity contribution in [2.75, 3.05) is 13.1 Å². The van der Waals surface area contributed by atoms with E-state index in [9.17, 15) is 4.79 Å². The molecule has 1 fully saturated rings. The molecule has 29 heavy (non-hydrogen) atoms. The number of hydrogen-bond acceptors (Lipinski definition) is 6. The minimum absolute atomic E-state index is 0.0685. The number of likely N-dealkylation sites (tertiary alicyclic amines) is 1. The van der Waals surface area contributed by atoms with Crippen LogP contribution in [0.1, 0.15) is 40.9 Å². The normalized spacial score (nSPS) is 17.1. The Kier molecular flexibility index (Phi) is 4.30. The van der Waals surface area contributed by atoms with Gasteiger partial charge in [0.15, 0.2) is 17.2 Å². The van der Waals surface area contributed by atoms with E-state index in [2.05, 4.69) is 25.3 Å². The molecule has 0 bridgehead atoms. The Labute approximate surface area is 166 Å². The van der Waals surface area contributed by atoms with Gasteiger partial charge in [0, 0.05) is 56.9 Å². The number of hydrogen-bond donors (Lipinski definition) is 0. The molecule has 1 aliphatic heterocycles. The Balaban J connectivity index is 1.34. The Morgan fingerprint density at radius 1 is 1.24 bits per heavy atom. The van der Waals surface area contributed by atoms with Gasteiger partial charge in [0.25, 0.3) is 5.91 Å². The fraction of sp³-hybridized carbons (Fsp3) is 0.368. The van der Waals surface area contributed by atoms with E-state index in [0.29, 0.717) is 24.4 Å². The van der Waals surface area contributed by atoms with Crippen LogP contribution < -0.4 is 0 Å². The van der Waals surface area contributed by atoms with E-state index < -0.39 is 0 Å². The van der Waals surface area contributed by atoms with Crippen molar-refractivity contribution in [2.24, 2.45) is 7.05 Å². The number of fused-ring (bicyclic) bond motifs is 1. The molecule has 1 saturated heterocycles. The van der Waals surface area contributed by atoms with Crippen LogP contribution in [0, 0.1) is 0 Å². The summed E-state index contributed by atoms with van der Waals surface area (Å²) in [4.78, 5) is 23.2. The second kappa shape index (κ2) is 7.12. The molecule has 1 aliphatic rings. The summed E-state index contributed by atoms with van der Waals surface area (Å²) in [6, 6.07) is 3.53. The van der Waals surface area contributed by atoms with Crippen molar-refractivity contribution in [3.63, 3.8) is 0 Å². The van der Waals surface area contributed by atoms with E-state index in [-0.39, 0.29) is 11.8 Å². The number of carbonyl (C=O) groups is 1. The molecule has 5 rings (SSSR count). The number of carbonyl (C=O) groups excluding carboxylic acids is 1. The summed E-state index contributed by atoms with van der Waals surface area (Å²) in [5.41, 5.74) is 1.09. The molecule has 4 aromatic rings. The number of piperidine rings is 1. The number of imidazole rings is 1. The maximum Gasteiger partial charge on any atom is 0.274 e. The highest BCUT2D eigenvalue weighted by atomic mass is 16.2. The zero-order valence-corrected chi connectivity index (χ0v) is 16.1. The first-order chi connectivity index (χ1) is 14.2.